The lowest BCUT2D eigenvalue weighted by atomic mass is 10.2. The summed E-state index contributed by atoms with van der Waals surface area (Å²) in [5.74, 6) is 0. The minimum absolute atomic E-state index is 1.02. The molecule has 0 unspecified atom stereocenters. The molecular formula is C12H22N2S. The predicted octanol–water partition coefficient (Wildman–Crippen LogP) is 2.41. The van der Waals surface area contributed by atoms with Crippen molar-refractivity contribution in [2.24, 2.45) is 0 Å². The van der Waals surface area contributed by atoms with E-state index in [1.165, 1.54) is 21.7 Å². The largest absolute Gasteiger partial charge is 0.313 e. The van der Waals surface area contributed by atoms with Gasteiger partial charge in [-0.05, 0) is 59.1 Å². The zero-order valence-electron chi connectivity index (χ0n) is 10.3. The van der Waals surface area contributed by atoms with Crippen LogP contribution in [-0.4, -0.2) is 32.1 Å². The second-order valence-corrected chi connectivity index (χ2v) is 5.73. The third kappa shape index (κ3) is 4.78. The Balaban J connectivity index is 2.17. The van der Waals surface area contributed by atoms with Crippen LogP contribution in [0.5, 0.6) is 0 Å². The third-order valence-corrected chi connectivity index (χ3v) is 3.43. The van der Waals surface area contributed by atoms with Crippen LogP contribution in [0.1, 0.15) is 21.7 Å². The lowest BCUT2D eigenvalue weighted by Gasteiger charge is -2.09. The highest BCUT2D eigenvalue weighted by Gasteiger charge is 2.01. The van der Waals surface area contributed by atoms with Crippen molar-refractivity contribution in [1.82, 2.24) is 10.2 Å². The Morgan fingerprint density at radius 2 is 2.07 bits per heavy atom. The minimum Gasteiger partial charge on any atom is -0.313 e. The van der Waals surface area contributed by atoms with Crippen molar-refractivity contribution in [3.63, 3.8) is 0 Å². The van der Waals surface area contributed by atoms with Crippen LogP contribution in [0.15, 0.2) is 6.07 Å². The van der Waals surface area contributed by atoms with Crippen molar-refractivity contribution < 1.29 is 0 Å². The van der Waals surface area contributed by atoms with Crippen molar-refractivity contribution in [2.75, 3.05) is 27.2 Å². The standard InChI is InChI=1S/C12H22N2S/c1-10-8-12(11(2)15-10)9-13-6-5-7-14(3)4/h8,13H,5-7,9H2,1-4H3. The van der Waals surface area contributed by atoms with E-state index in [0.29, 0.717) is 0 Å². The summed E-state index contributed by atoms with van der Waals surface area (Å²) in [6, 6.07) is 2.29. The van der Waals surface area contributed by atoms with E-state index >= 15 is 0 Å². The molecule has 1 aromatic rings. The lowest BCUT2D eigenvalue weighted by Crippen LogP contribution is -2.21. The van der Waals surface area contributed by atoms with Gasteiger partial charge in [-0.3, -0.25) is 0 Å². The number of nitrogens with one attached hydrogen (secondary N) is 1. The molecule has 15 heavy (non-hydrogen) atoms. The van der Waals surface area contributed by atoms with Gasteiger partial charge in [-0.2, -0.15) is 0 Å². The molecule has 0 fully saturated rings. The van der Waals surface area contributed by atoms with E-state index in [9.17, 15) is 0 Å². The number of thiophene rings is 1. The van der Waals surface area contributed by atoms with Gasteiger partial charge in [0.05, 0.1) is 0 Å². The molecule has 0 saturated heterocycles. The summed E-state index contributed by atoms with van der Waals surface area (Å²) in [6.45, 7) is 7.66. The number of nitrogens with zero attached hydrogens (tertiary/aromatic N) is 1. The Morgan fingerprint density at radius 3 is 2.60 bits per heavy atom. The quantitative estimate of drug-likeness (QED) is 0.749. The van der Waals surface area contributed by atoms with Gasteiger partial charge < -0.3 is 10.2 Å². The van der Waals surface area contributed by atoms with Gasteiger partial charge in [0.1, 0.15) is 0 Å². The molecule has 0 bridgehead atoms. The predicted molar refractivity (Wildman–Crippen MR) is 68.7 cm³/mol. The smallest absolute Gasteiger partial charge is 0.0216 e. The van der Waals surface area contributed by atoms with Crippen LogP contribution in [0.4, 0.5) is 0 Å². The third-order valence-electron chi connectivity index (χ3n) is 2.42. The zero-order chi connectivity index (χ0) is 11.3. The maximum absolute atomic E-state index is 3.49. The summed E-state index contributed by atoms with van der Waals surface area (Å²) in [4.78, 5) is 5.09. The molecule has 0 aliphatic carbocycles. The Kier molecular flexibility index (Phi) is 5.29. The zero-order valence-corrected chi connectivity index (χ0v) is 11.1. The summed E-state index contributed by atoms with van der Waals surface area (Å²) < 4.78 is 0. The van der Waals surface area contributed by atoms with Crippen molar-refractivity contribution >= 4 is 11.3 Å². The monoisotopic (exact) mass is 226 g/mol. The first-order chi connectivity index (χ1) is 7.09. The van der Waals surface area contributed by atoms with Crippen LogP contribution >= 0.6 is 11.3 Å². The molecule has 3 heteroatoms. The molecule has 2 nitrogen and oxygen atoms in total. The van der Waals surface area contributed by atoms with Crippen LogP contribution in [0, 0.1) is 13.8 Å². The summed E-state index contributed by atoms with van der Waals surface area (Å²) in [6.07, 6.45) is 1.22. The summed E-state index contributed by atoms with van der Waals surface area (Å²) in [5, 5.41) is 3.49. The molecular weight excluding hydrogens is 204 g/mol. The van der Waals surface area contributed by atoms with E-state index < -0.39 is 0 Å². The van der Waals surface area contributed by atoms with Gasteiger partial charge in [0.25, 0.3) is 0 Å². The van der Waals surface area contributed by atoms with Gasteiger partial charge >= 0.3 is 0 Å². The van der Waals surface area contributed by atoms with Crippen LogP contribution in [0.25, 0.3) is 0 Å². The number of hydrogen-bond acceptors (Lipinski definition) is 3. The molecule has 0 aromatic carbocycles. The summed E-state index contributed by atoms with van der Waals surface area (Å²) >= 11 is 1.89. The van der Waals surface area contributed by atoms with Crippen molar-refractivity contribution in [2.45, 2.75) is 26.8 Å². The highest BCUT2D eigenvalue weighted by Crippen LogP contribution is 2.19. The second kappa shape index (κ2) is 6.26. The molecule has 86 valence electrons. The number of aryl methyl sites for hydroxylation is 2. The molecule has 1 rings (SSSR count). The Morgan fingerprint density at radius 1 is 1.33 bits per heavy atom. The van der Waals surface area contributed by atoms with Gasteiger partial charge in [0.15, 0.2) is 0 Å². The van der Waals surface area contributed by atoms with Crippen molar-refractivity contribution in [3.05, 3.63) is 21.4 Å². The molecule has 0 aliphatic heterocycles. The molecule has 0 radical (unpaired) electrons. The van der Waals surface area contributed by atoms with Crippen LogP contribution in [0.2, 0.25) is 0 Å². The fraction of sp³-hybridized carbons (Fsp3) is 0.667. The van der Waals surface area contributed by atoms with Gasteiger partial charge in [-0.15, -0.1) is 11.3 Å². The van der Waals surface area contributed by atoms with E-state index in [4.69, 9.17) is 0 Å². The average molecular weight is 226 g/mol. The van der Waals surface area contributed by atoms with Gasteiger partial charge in [0.2, 0.25) is 0 Å². The fourth-order valence-corrected chi connectivity index (χ4v) is 2.55. The maximum Gasteiger partial charge on any atom is 0.0216 e. The Bertz CT molecular complexity index is 292. The van der Waals surface area contributed by atoms with Crippen LogP contribution in [0.3, 0.4) is 0 Å². The molecule has 1 aromatic heterocycles. The normalized spacial score (nSPS) is 11.3. The molecule has 1 N–H and O–H groups in total. The van der Waals surface area contributed by atoms with Crippen LogP contribution in [-0.2, 0) is 6.54 Å². The van der Waals surface area contributed by atoms with E-state index in [1.807, 2.05) is 11.3 Å². The van der Waals surface area contributed by atoms with Gasteiger partial charge in [-0.1, -0.05) is 0 Å². The topological polar surface area (TPSA) is 15.3 Å². The molecule has 0 atom stereocenters. The number of hydrogen-bond donors (Lipinski definition) is 1. The van der Waals surface area contributed by atoms with Gasteiger partial charge in [-0.25, -0.2) is 0 Å². The first-order valence-corrected chi connectivity index (χ1v) is 6.32. The maximum atomic E-state index is 3.49. The van der Waals surface area contributed by atoms with E-state index in [0.717, 1.165) is 19.6 Å². The Labute approximate surface area is 97.3 Å². The highest BCUT2D eigenvalue weighted by molar-refractivity contribution is 7.12. The lowest BCUT2D eigenvalue weighted by molar-refractivity contribution is 0.394. The highest BCUT2D eigenvalue weighted by atomic mass is 32.1. The van der Waals surface area contributed by atoms with Crippen molar-refractivity contribution in [3.8, 4) is 0 Å². The molecule has 0 aliphatic rings. The van der Waals surface area contributed by atoms with E-state index in [-0.39, 0.29) is 0 Å². The molecule has 0 saturated carbocycles. The van der Waals surface area contributed by atoms with Gasteiger partial charge in [0, 0.05) is 16.3 Å². The molecule has 1 heterocycles. The SMILES string of the molecule is Cc1cc(CNCCCN(C)C)c(C)s1. The number of rotatable bonds is 6. The Hall–Kier alpha value is -0.380. The summed E-state index contributed by atoms with van der Waals surface area (Å²) in [5.41, 5.74) is 1.46. The van der Waals surface area contributed by atoms with Crippen molar-refractivity contribution in [1.29, 1.82) is 0 Å². The first kappa shape index (κ1) is 12.7. The van der Waals surface area contributed by atoms with Crippen LogP contribution < -0.4 is 5.32 Å². The van der Waals surface area contributed by atoms with E-state index in [1.54, 1.807) is 0 Å². The summed E-state index contributed by atoms with van der Waals surface area (Å²) in [7, 11) is 4.23. The minimum atomic E-state index is 1.02. The second-order valence-electron chi connectivity index (χ2n) is 4.27. The molecule has 0 spiro atoms. The van der Waals surface area contributed by atoms with E-state index in [2.05, 4.69) is 44.2 Å². The fourth-order valence-electron chi connectivity index (χ4n) is 1.60. The average Bonchev–Trinajstić information content (AvgIpc) is 2.44. The molecule has 0 amide bonds. The first-order valence-electron chi connectivity index (χ1n) is 5.51.